The van der Waals surface area contributed by atoms with Gasteiger partial charge in [-0.05, 0) is 19.3 Å². The molecular formula is C9H14N2S. The van der Waals surface area contributed by atoms with Crippen molar-refractivity contribution in [3.63, 3.8) is 0 Å². The van der Waals surface area contributed by atoms with E-state index in [1.165, 1.54) is 12.8 Å². The molecule has 1 atom stereocenters. The summed E-state index contributed by atoms with van der Waals surface area (Å²) >= 11 is 1.69. The normalized spacial score (nSPS) is 19.5. The fourth-order valence-corrected chi connectivity index (χ4v) is 2.06. The first-order valence-electron chi connectivity index (χ1n) is 4.43. The van der Waals surface area contributed by atoms with Crippen molar-refractivity contribution >= 4 is 11.3 Å². The maximum absolute atomic E-state index is 5.99. The third-order valence-corrected chi connectivity index (χ3v) is 3.09. The van der Waals surface area contributed by atoms with Crippen LogP contribution in [-0.4, -0.2) is 4.98 Å². The van der Waals surface area contributed by atoms with Crippen LogP contribution in [0.1, 0.15) is 36.0 Å². The van der Waals surface area contributed by atoms with Crippen molar-refractivity contribution in [3.8, 4) is 0 Å². The number of hydrogen-bond acceptors (Lipinski definition) is 3. The topological polar surface area (TPSA) is 38.9 Å². The first-order valence-corrected chi connectivity index (χ1v) is 5.31. The van der Waals surface area contributed by atoms with Crippen LogP contribution in [0.25, 0.3) is 0 Å². The molecule has 1 aromatic heterocycles. The van der Waals surface area contributed by atoms with Crippen molar-refractivity contribution in [2.75, 3.05) is 0 Å². The van der Waals surface area contributed by atoms with Gasteiger partial charge < -0.3 is 5.73 Å². The van der Waals surface area contributed by atoms with E-state index in [0.29, 0.717) is 0 Å². The minimum absolute atomic E-state index is 0.183. The molecule has 0 aromatic carbocycles. The van der Waals surface area contributed by atoms with Gasteiger partial charge in [0.2, 0.25) is 0 Å². The zero-order valence-electron chi connectivity index (χ0n) is 7.29. The van der Waals surface area contributed by atoms with E-state index in [2.05, 4.69) is 10.4 Å². The average molecular weight is 182 g/mol. The van der Waals surface area contributed by atoms with E-state index in [4.69, 9.17) is 5.73 Å². The highest BCUT2D eigenvalue weighted by atomic mass is 32.1. The van der Waals surface area contributed by atoms with Gasteiger partial charge in [-0.3, -0.25) is 0 Å². The van der Waals surface area contributed by atoms with E-state index < -0.39 is 0 Å². The third kappa shape index (κ3) is 1.84. The Morgan fingerprint density at radius 2 is 2.50 bits per heavy atom. The van der Waals surface area contributed by atoms with Crippen molar-refractivity contribution in [3.05, 3.63) is 16.1 Å². The number of nitrogens with two attached hydrogens (primary N) is 1. The molecule has 1 aromatic rings. The summed E-state index contributed by atoms with van der Waals surface area (Å²) in [7, 11) is 0. The molecule has 0 amide bonds. The van der Waals surface area contributed by atoms with Crippen LogP contribution in [0.3, 0.4) is 0 Å². The Labute approximate surface area is 76.8 Å². The first kappa shape index (κ1) is 8.20. The second kappa shape index (κ2) is 3.15. The highest BCUT2D eigenvalue weighted by molar-refractivity contribution is 7.09. The lowest BCUT2D eigenvalue weighted by molar-refractivity contribution is 0.585. The van der Waals surface area contributed by atoms with E-state index in [0.717, 1.165) is 23.0 Å². The monoisotopic (exact) mass is 182 g/mol. The van der Waals surface area contributed by atoms with Gasteiger partial charge in [0, 0.05) is 11.4 Å². The quantitative estimate of drug-likeness (QED) is 0.778. The maximum Gasteiger partial charge on any atom is 0.0898 e. The van der Waals surface area contributed by atoms with Crippen LogP contribution in [-0.2, 0) is 0 Å². The van der Waals surface area contributed by atoms with Crippen LogP contribution in [0, 0.1) is 12.8 Å². The molecule has 0 aliphatic heterocycles. The summed E-state index contributed by atoms with van der Waals surface area (Å²) in [4.78, 5) is 4.38. The lowest BCUT2D eigenvalue weighted by Crippen LogP contribution is -2.11. The molecule has 0 unspecified atom stereocenters. The van der Waals surface area contributed by atoms with Gasteiger partial charge in [-0.25, -0.2) is 4.98 Å². The molecule has 1 aliphatic rings. The largest absolute Gasteiger partial charge is 0.323 e. The second-order valence-electron chi connectivity index (χ2n) is 3.58. The van der Waals surface area contributed by atoms with E-state index >= 15 is 0 Å². The van der Waals surface area contributed by atoms with Gasteiger partial charge in [-0.1, -0.05) is 12.8 Å². The number of hydrogen-bond donors (Lipinski definition) is 1. The van der Waals surface area contributed by atoms with Gasteiger partial charge in [0.05, 0.1) is 10.7 Å². The fraction of sp³-hybridized carbons (Fsp3) is 0.667. The fourth-order valence-electron chi connectivity index (χ4n) is 1.38. The molecule has 1 saturated carbocycles. The number of aryl methyl sites for hydroxylation is 1. The van der Waals surface area contributed by atoms with E-state index in [1.807, 2.05) is 6.92 Å². The molecule has 1 heterocycles. The standard InChI is InChI=1S/C9H14N2S/c1-6-11-9(5-12-6)8(10)4-7-2-3-7/h5,7-8H,2-4,10H2,1H3/t8-/m1/s1. The number of nitrogens with zero attached hydrogens (tertiary/aromatic N) is 1. The summed E-state index contributed by atoms with van der Waals surface area (Å²) in [5.41, 5.74) is 7.08. The lowest BCUT2D eigenvalue weighted by atomic mass is 10.1. The number of rotatable bonds is 3. The Bertz CT molecular complexity index is 265. The molecule has 0 radical (unpaired) electrons. The average Bonchev–Trinajstić information content (AvgIpc) is 2.72. The number of aromatic nitrogens is 1. The van der Waals surface area contributed by atoms with Gasteiger partial charge in [0.1, 0.15) is 0 Å². The Morgan fingerprint density at radius 3 is 3.00 bits per heavy atom. The van der Waals surface area contributed by atoms with E-state index in [9.17, 15) is 0 Å². The Morgan fingerprint density at radius 1 is 1.75 bits per heavy atom. The van der Waals surface area contributed by atoms with Crippen LogP contribution in [0.5, 0.6) is 0 Å². The molecule has 0 bridgehead atoms. The minimum atomic E-state index is 0.183. The van der Waals surface area contributed by atoms with Crippen LogP contribution in [0.15, 0.2) is 5.38 Å². The SMILES string of the molecule is Cc1nc([C@H](N)CC2CC2)cs1. The molecule has 66 valence electrons. The molecule has 2 nitrogen and oxygen atoms in total. The molecule has 1 fully saturated rings. The molecule has 0 spiro atoms. The molecule has 2 rings (SSSR count). The van der Waals surface area contributed by atoms with Gasteiger partial charge in [-0.2, -0.15) is 0 Å². The molecule has 2 N–H and O–H groups in total. The van der Waals surface area contributed by atoms with Crippen LogP contribution in [0.2, 0.25) is 0 Å². The zero-order chi connectivity index (χ0) is 8.55. The van der Waals surface area contributed by atoms with Crippen LogP contribution >= 0.6 is 11.3 Å². The Hall–Kier alpha value is -0.410. The molecule has 1 aliphatic carbocycles. The molecule has 0 saturated heterocycles. The maximum atomic E-state index is 5.99. The summed E-state index contributed by atoms with van der Waals surface area (Å²) in [6, 6.07) is 0.183. The van der Waals surface area contributed by atoms with Crippen molar-refractivity contribution in [1.29, 1.82) is 0 Å². The van der Waals surface area contributed by atoms with E-state index in [1.54, 1.807) is 11.3 Å². The van der Waals surface area contributed by atoms with Crippen LogP contribution in [0.4, 0.5) is 0 Å². The molecule has 3 heteroatoms. The molecule has 12 heavy (non-hydrogen) atoms. The summed E-state index contributed by atoms with van der Waals surface area (Å²) in [5.74, 6) is 0.891. The van der Waals surface area contributed by atoms with Gasteiger partial charge >= 0.3 is 0 Å². The van der Waals surface area contributed by atoms with Crippen molar-refractivity contribution in [2.45, 2.75) is 32.2 Å². The van der Waals surface area contributed by atoms with Gasteiger partial charge in [0.15, 0.2) is 0 Å². The summed E-state index contributed by atoms with van der Waals surface area (Å²) in [6.45, 7) is 2.03. The highest BCUT2D eigenvalue weighted by Crippen LogP contribution is 2.36. The Balaban J connectivity index is 1.97. The van der Waals surface area contributed by atoms with Crippen LogP contribution < -0.4 is 5.73 Å². The van der Waals surface area contributed by atoms with E-state index in [-0.39, 0.29) is 6.04 Å². The summed E-state index contributed by atoms with van der Waals surface area (Å²) in [5, 5.41) is 3.21. The van der Waals surface area contributed by atoms with Crippen molar-refractivity contribution in [1.82, 2.24) is 4.98 Å². The third-order valence-electron chi connectivity index (χ3n) is 2.30. The van der Waals surface area contributed by atoms with Crippen molar-refractivity contribution < 1.29 is 0 Å². The second-order valence-corrected chi connectivity index (χ2v) is 4.64. The predicted octanol–water partition coefficient (Wildman–Crippen LogP) is 2.25. The smallest absolute Gasteiger partial charge is 0.0898 e. The first-order chi connectivity index (χ1) is 5.75. The van der Waals surface area contributed by atoms with Gasteiger partial charge in [0.25, 0.3) is 0 Å². The minimum Gasteiger partial charge on any atom is -0.323 e. The predicted molar refractivity (Wildman–Crippen MR) is 51.1 cm³/mol. The van der Waals surface area contributed by atoms with Crippen molar-refractivity contribution in [2.24, 2.45) is 11.7 Å². The summed E-state index contributed by atoms with van der Waals surface area (Å²) < 4.78 is 0. The zero-order valence-corrected chi connectivity index (χ0v) is 8.10. The lowest BCUT2D eigenvalue weighted by Gasteiger charge is -2.06. The Kier molecular flexibility index (Phi) is 2.15. The molecular weight excluding hydrogens is 168 g/mol. The highest BCUT2D eigenvalue weighted by Gasteiger charge is 2.25. The number of thiazole rings is 1. The summed E-state index contributed by atoms with van der Waals surface area (Å²) in [6.07, 6.45) is 3.87. The van der Waals surface area contributed by atoms with Gasteiger partial charge in [-0.15, -0.1) is 11.3 Å².